The minimum absolute atomic E-state index is 0.433. The van der Waals surface area contributed by atoms with E-state index in [2.05, 4.69) is 0 Å². The summed E-state index contributed by atoms with van der Waals surface area (Å²) in [6.45, 7) is 5.54. The van der Waals surface area contributed by atoms with E-state index in [1.165, 1.54) is 0 Å². The molecule has 0 fully saturated rings. The van der Waals surface area contributed by atoms with Gasteiger partial charge in [0.05, 0.1) is 20.1 Å². The normalized spacial score (nSPS) is 12.1. The molecular weight excluding hydrogens is 232 g/mol. The van der Waals surface area contributed by atoms with E-state index in [-0.39, 0.29) is 0 Å². The molecule has 0 amide bonds. The molecule has 18 heavy (non-hydrogen) atoms. The van der Waals surface area contributed by atoms with Gasteiger partial charge in [-0.05, 0) is 37.5 Å². The number of carboxylic acid groups (broad SMARTS) is 1. The number of hydrogen-bond acceptors (Lipinski definition) is 3. The van der Waals surface area contributed by atoms with Crippen molar-refractivity contribution < 1.29 is 19.4 Å². The fourth-order valence-electron chi connectivity index (χ4n) is 2.06. The fraction of sp³-hybridized carbons (Fsp3) is 0.500. The SMILES string of the molecule is COc1cc(C)c(OC)c(CC(C)C(=O)O)c1C. The highest BCUT2D eigenvalue weighted by Crippen LogP contribution is 2.35. The lowest BCUT2D eigenvalue weighted by atomic mass is 9.94. The van der Waals surface area contributed by atoms with Crippen LogP contribution in [-0.4, -0.2) is 25.3 Å². The average molecular weight is 252 g/mol. The Labute approximate surface area is 108 Å². The number of ether oxygens (including phenoxy) is 2. The maximum absolute atomic E-state index is 11.0. The maximum Gasteiger partial charge on any atom is 0.306 e. The number of carbonyl (C=O) groups is 1. The summed E-state index contributed by atoms with van der Waals surface area (Å²) in [5.74, 6) is 0.253. The molecular formula is C14H20O4. The smallest absolute Gasteiger partial charge is 0.306 e. The minimum atomic E-state index is -0.808. The zero-order valence-corrected chi connectivity index (χ0v) is 11.5. The van der Waals surface area contributed by atoms with Crippen molar-refractivity contribution in [3.05, 3.63) is 22.8 Å². The molecule has 1 N–H and O–H groups in total. The lowest BCUT2D eigenvalue weighted by molar-refractivity contribution is -0.141. The number of rotatable bonds is 5. The van der Waals surface area contributed by atoms with Crippen LogP contribution < -0.4 is 9.47 Å². The first-order valence-electron chi connectivity index (χ1n) is 5.86. The van der Waals surface area contributed by atoms with Gasteiger partial charge in [-0.15, -0.1) is 0 Å². The summed E-state index contributed by atoms with van der Waals surface area (Å²) < 4.78 is 10.7. The fourth-order valence-corrected chi connectivity index (χ4v) is 2.06. The van der Waals surface area contributed by atoms with Crippen molar-refractivity contribution in [1.29, 1.82) is 0 Å². The van der Waals surface area contributed by atoms with Crippen LogP contribution in [0.1, 0.15) is 23.6 Å². The Hall–Kier alpha value is -1.71. The van der Waals surface area contributed by atoms with Crippen molar-refractivity contribution in [2.24, 2.45) is 5.92 Å². The lowest BCUT2D eigenvalue weighted by Crippen LogP contribution is -2.14. The molecule has 1 rings (SSSR count). The van der Waals surface area contributed by atoms with Gasteiger partial charge in [-0.2, -0.15) is 0 Å². The van der Waals surface area contributed by atoms with Crippen LogP contribution in [0.4, 0.5) is 0 Å². The molecule has 1 unspecified atom stereocenters. The van der Waals surface area contributed by atoms with Crippen LogP contribution in [0, 0.1) is 19.8 Å². The molecule has 0 spiro atoms. The summed E-state index contributed by atoms with van der Waals surface area (Å²) in [4.78, 5) is 11.0. The van der Waals surface area contributed by atoms with Crippen LogP contribution in [0.3, 0.4) is 0 Å². The first-order chi connectivity index (χ1) is 8.42. The molecule has 0 heterocycles. The second-order valence-corrected chi connectivity index (χ2v) is 4.48. The van der Waals surface area contributed by atoms with E-state index in [1.54, 1.807) is 21.1 Å². The molecule has 4 nitrogen and oxygen atoms in total. The highest BCUT2D eigenvalue weighted by atomic mass is 16.5. The molecule has 0 aliphatic carbocycles. The van der Waals surface area contributed by atoms with Gasteiger partial charge < -0.3 is 14.6 Å². The molecule has 0 saturated carbocycles. The number of methoxy groups -OCH3 is 2. The third-order valence-electron chi connectivity index (χ3n) is 3.16. The second kappa shape index (κ2) is 5.76. The number of aliphatic carboxylic acids is 1. The zero-order valence-electron chi connectivity index (χ0n) is 11.5. The zero-order chi connectivity index (χ0) is 13.9. The summed E-state index contributed by atoms with van der Waals surface area (Å²) in [6, 6.07) is 1.91. The first kappa shape index (κ1) is 14.4. The molecule has 4 heteroatoms. The predicted molar refractivity (Wildman–Crippen MR) is 69.5 cm³/mol. The van der Waals surface area contributed by atoms with E-state index >= 15 is 0 Å². The van der Waals surface area contributed by atoms with Crippen molar-refractivity contribution in [2.75, 3.05) is 14.2 Å². The van der Waals surface area contributed by atoms with E-state index in [1.807, 2.05) is 19.9 Å². The second-order valence-electron chi connectivity index (χ2n) is 4.48. The van der Waals surface area contributed by atoms with Crippen LogP contribution in [-0.2, 0) is 11.2 Å². The van der Waals surface area contributed by atoms with Gasteiger partial charge in [-0.25, -0.2) is 0 Å². The van der Waals surface area contributed by atoms with Crippen molar-refractivity contribution in [1.82, 2.24) is 0 Å². The molecule has 1 aromatic rings. The Balaban J connectivity index is 3.29. The van der Waals surface area contributed by atoms with E-state index in [9.17, 15) is 4.79 Å². The Morgan fingerprint density at radius 1 is 1.33 bits per heavy atom. The van der Waals surface area contributed by atoms with Crippen molar-refractivity contribution in [3.63, 3.8) is 0 Å². The highest BCUT2D eigenvalue weighted by molar-refractivity contribution is 5.70. The molecule has 0 radical (unpaired) electrons. The third kappa shape index (κ3) is 2.75. The Morgan fingerprint density at radius 2 is 1.94 bits per heavy atom. The van der Waals surface area contributed by atoms with Crippen molar-refractivity contribution >= 4 is 5.97 Å². The largest absolute Gasteiger partial charge is 0.496 e. The lowest BCUT2D eigenvalue weighted by Gasteiger charge is -2.18. The topological polar surface area (TPSA) is 55.8 Å². The van der Waals surface area contributed by atoms with Gasteiger partial charge >= 0.3 is 5.97 Å². The van der Waals surface area contributed by atoms with Crippen LogP contribution >= 0.6 is 0 Å². The molecule has 1 atom stereocenters. The molecule has 0 bridgehead atoms. The summed E-state index contributed by atoms with van der Waals surface area (Å²) in [5, 5.41) is 9.02. The number of aryl methyl sites for hydroxylation is 1. The highest BCUT2D eigenvalue weighted by Gasteiger charge is 2.20. The number of hydrogen-bond donors (Lipinski definition) is 1. The quantitative estimate of drug-likeness (QED) is 0.875. The Kier molecular flexibility index (Phi) is 4.59. The van der Waals surface area contributed by atoms with Gasteiger partial charge in [0.1, 0.15) is 11.5 Å². The first-order valence-corrected chi connectivity index (χ1v) is 5.86. The monoisotopic (exact) mass is 252 g/mol. The van der Waals surface area contributed by atoms with Gasteiger partial charge in [-0.1, -0.05) is 6.92 Å². The third-order valence-corrected chi connectivity index (χ3v) is 3.16. The summed E-state index contributed by atoms with van der Waals surface area (Å²) in [5.41, 5.74) is 2.80. The average Bonchev–Trinajstić information content (AvgIpc) is 2.33. The molecule has 1 aromatic carbocycles. The van der Waals surface area contributed by atoms with E-state index < -0.39 is 11.9 Å². The van der Waals surface area contributed by atoms with E-state index in [0.717, 1.165) is 28.2 Å². The molecule has 100 valence electrons. The minimum Gasteiger partial charge on any atom is -0.496 e. The summed E-state index contributed by atoms with van der Waals surface area (Å²) >= 11 is 0. The summed E-state index contributed by atoms with van der Waals surface area (Å²) in [6.07, 6.45) is 0.433. The molecule has 0 aromatic heterocycles. The Bertz CT molecular complexity index is 452. The molecule has 0 aliphatic heterocycles. The van der Waals surface area contributed by atoms with Crippen LogP contribution in [0.25, 0.3) is 0 Å². The van der Waals surface area contributed by atoms with Crippen molar-refractivity contribution in [2.45, 2.75) is 27.2 Å². The standard InChI is InChI=1S/C14H20O4/c1-8-7-12(17-4)10(3)11(13(8)18-5)6-9(2)14(15)16/h7,9H,6H2,1-5H3,(H,15,16). The van der Waals surface area contributed by atoms with Crippen molar-refractivity contribution in [3.8, 4) is 11.5 Å². The van der Waals surface area contributed by atoms with Gasteiger partial charge in [0.25, 0.3) is 0 Å². The number of carboxylic acids is 1. The van der Waals surface area contributed by atoms with E-state index in [4.69, 9.17) is 14.6 Å². The van der Waals surface area contributed by atoms with Crippen LogP contribution in [0.2, 0.25) is 0 Å². The van der Waals surface area contributed by atoms with Gasteiger partial charge in [0, 0.05) is 5.56 Å². The number of benzene rings is 1. The molecule has 0 aliphatic rings. The van der Waals surface area contributed by atoms with Gasteiger partial charge in [-0.3, -0.25) is 4.79 Å². The molecule has 0 saturated heterocycles. The van der Waals surface area contributed by atoms with E-state index in [0.29, 0.717) is 6.42 Å². The van der Waals surface area contributed by atoms with Crippen LogP contribution in [0.15, 0.2) is 6.07 Å². The van der Waals surface area contributed by atoms with Gasteiger partial charge in [0.2, 0.25) is 0 Å². The maximum atomic E-state index is 11.0. The predicted octanol–water partition coefficient (Wildman–Crippen LogP) is 2.58. The van der Waals surface area contributed by atoms with Gasteiger partial charge in [0.15, 0.2) is 0 Å². The Morgan fingerprint density at radius 3 is 2.39 bits per heavy atom. The summed E-state index contributed by atoms with van der Waals surface area (Å²) in [7, 11) is 3.21. The van der Waals surface area contributed by atoms with Crippen LogP contribution in [0.5, 0.6) is 11.5 Å².